The molecule has 1 amide bonds. The molecule has 0 saturated heterocycles. The van der Waals surface area contributed by atoms with E-state index < -0.39 is 16.1 Å². The summed E-state index contributed by atoms with van der Waals surface area (Å²) < 4.78 is 42.7. The molecule has 36 heavy (non-hydrogen) atoms. The minimum Gasteiger partial charge on any atom is -0.330 e. The van der Waals surface area contributed by atoms with Crippen molar-refractivity contribution in [3.63, 3.8) is 0 Å². The molecule has 0 spiro atoms. The summed E-state index contributed by atoms with van der Waals surface area (Å²) in [6, 6.07) is 19.9. The highest BCUT2D eigenvalue weighted by atomic mass is 32.2. The van der Waals surface area contributed by atoms with Crippen LogP contribution in [0.4, 0.5) is 4.39 Å². The molecule has 1 aliphatic heterocycles. The number of rotatable bonds is 6. The molecule has 0 bridgehead atoms. The van der Waals surface area contributed by atoms with Crippen LogP contribution in [0.3, 0.4) is 0 Å². The minimum atomic E-state index is -3.96. The smallest absolute Gasteiger partial charge is 0.244 e. The van der Waals surface area contributed by atoms with Gasteiger partial charge in [0.15, 0.2) is 0 Å². The molecule has 4 aromatic rings. The topological polar surface area (TPSA) is 57.7 Å². The van der Waals surface area contributed by atoms with Gasteiger partial charge in [-0.2, -0.15) is 4.31 Å². The lowest BCUT2D eigenvalue weighted by Gasteiger charge is -2.38. The molecule has 1 aromatic heterocycles. The predicted octanol–water partition coefficient (Wildman–Crippen LogP) is 5.61. The fraction of sp³-hybridized carbons (Fsp3) is 0.250. The number of benzene rings is 3. The number of carbonyl (C=O) groups excluding carboxylic acids is 1. The number of sulfonamides is 1. The van der Waals surface area contributed by atoms with E-state index in [4.69, 9.17) is 0 Å². The van der Waals surface area contributed by atoms with E-state index in [0.29, 0.717) is 18.4 Å². The molecule has 0 radical (unpaired) electrons. The number of amides is 1. The van der Waals surface area contributed by atoms with Gasteiger partial charge in [-0.1, -0.05) is 48.5 Å². The number of carbonyl (C=O) groups is 1. The third kappa shape index (κ3) is 4.45. The normalized spacial score (nSPS) is 16.0. The molecule has 0 fully saturated rings. The van der Waals surface area contributed by atoms with Crippen LogP contribution in [0.1, 0.15) is 35.9 Å². The van der Waals surface area contributed by atoms with Gasteiger partial charge in [0.1, 0.15) is 5.82 Å². The number of hydrogen-bond donors (Lipinski definition) is 0. The van der Waals surface area contributed by atoms with Gasteiger partial charge in [0.2, 0.25) is 15.9 Å². The van der Waals surface area contributed by atoms with Gasteiger partial charge < -0.3 is 4.90 Å². The number of nitrogens with zero attached hydrogens (tertiary/aromatic N) is 2. The molecule has 0 saturated carbocycles. The average molecular weight is 523 g/mol. The van der Waals surface area contributed by atoms with E-state index in [-0.39, 0.29) is 29.2 Å². The zero-order valence-corrected chi connectivity index (χ0v) is 21.7. The largest absolute Gasteiger partial charge is 0.330 e. The van der Waals surface area contributed by atoms with E-state index in [0.717, 1.165) is 16.5 Å². The van der Waals surface area contributed by atoms with E-state index in [1.165, 1.54) is 21.3 Å². The minimum absolute atomic E-state index is 0.191. The van der Waals surface area contributed by atoms with Gasteiger partial charge in [-0.15, -0.1) is 11.3 Å². The van der Waals surface area contributed by atoms with Crippen molar-refractivity contribution in [3.8, 4) is 0 Å². The first-order valence-electron chi connectivity index (χ1n) is 11.9. The summed E-state index contributed by atoms with van der Waals surface area (Å²) >= 11 is 1.64. The molecule has 3 aromatic carbocycles. The van der Waals surface area contributed by atoms with Gasteiger partial charge in [0, 0.05) is 22.8 Å². The molecule has 1 aliphatic rings. The lowest BCUT2D eigenvalue weighted by molar-refractivity contribution is -0.133. The molecule has 2 heterocycles. The van der Waals surface area contributed by atoms with Crippen LogP contribution in [-0.2, 0) is 21.2 Å². The van der Waals surface area contributed by atoms with E-state index in [2.05, 4.69) is 0 Å². The first-order valence-corrected chi connectivity index (χ1v) is 14.2. The van der Waals surface area contributed by atoms with Crippen LogP contribution >= 0.6 is 11.3 Å². The summed E-state index contributed by atoms with van der Waals surface area (Å²) in [6.07, 6.45) is 0.703. The highest BCUT2D eigenvalue weighted by Gasteiger charge is 2.37. The van der Waals surface area contributed by atoms with Crippen LogP contribution in [-0.4, -0.2) is 42.7 Å². The second-order valence-corrected chi connectivity index (χ2v) is 12.1. The van der Waals surface area contributed by atoms with Gasteiger partial charge in [0.25, 0.3) is 0 Å². The standard InChI is InChI=1S/C28H27FN2O3S2/c1-19(2)31(36(33,34)26-9-5-7-20-6-3-4-8-23(20)26)18-27(32)30-16-14-25-24(15-17-35-25)28(30)21-10-12-22(29)13-11-21/h3-13,15,17,19,28H,14,16,18H2,1-2H3. The number of hydrogen-bond acceptors (Lipinski definition) is 4. The van der Waals surface area contributed by atoms with Gasteiger partial charge in [-0.3, -0.25) is 4.79 Å². The van der Waals surface area contributed by atoms with Gasteiger partial charge in [-0.05, 0) is 66.4 Å². The molecule has 8 heteroatoms. The Hall–Kier alpha value is -3.07. The van der Waals surface area contributed by atoms with Crippen molar-refractivity contribution in [2.75, 3.05) is 13.1 Å². The summed E-state index contributed by atoms with van der Waals surface area (Å²) in [6.45, 7) is 3.75. The summed E-state index contributed by atoms with van der Waals surface area (Å²) in [7, 11) is -3.96. The Morgan fingerprint density at radius 2 is 1.78 bits per heavy atom. The maximum atomic E-state index is 13.9. The van der Waals surface area contributed by atoms with E-state index >= 15 is 0 Å². The van der Waals surface area contributed by atoms with Crippen LogP contribution in [0.25, 0.3) is 10.8 Å². The van der Waals surface area contributed by atoms with Gasteiger partial charge >= 0.3 is 0 Å². The van der Waals surface area contributed by atoms with Crippen molar-refractivity contribution in [1.82, 2.24) is 9.21 Å². The Balaban J connectivity index is 1.50. The van der Waals surface area contributed by atoms with Crippen molar-refractivity contribution < 1.29 is 17.6 Å². The van der Waals surface area contributed by atoms with Crippen molar-refractivity contribution in [1.29, 1.82) is 0 Å². The lowest BCUT2D eigenvalue weighted by Crippen LogP contribution is -2.48. The predicted molar refractivity (Wildman–Crippen MR) is 141 cm³/mol. The Kier molecular flexibility index (Phi) is 6.68. The molecule has 186 valence electrons. The zero-order chi connectivity index (χ0) is 25.4. The lowest BCUT2D eigenvalue weighted by atomic mass is 9.93. The first-order chi connectivity index (χ1) is 17.3. The Morgan fingerprint density at radius 3 is 2.53 bits per heavy atom. The van der Waals surface area contributed by atoms with Crippen molar-refractivity contribution in [3.05, 3.63) is 100.0 Å². The zero-order valence-electron chi connectivity index (χ0n) is 20.1. The molecular weight excluding hydrogens is 495 g/mol. The number of fused-ring (bicyclic) bond motifs is 2. The number of thiophene rings is 1. The molecule has 1 atom stereocenters. The highest BCUT2D eigenvalue weighted by molar-refractivity contribution is 7.89. The first kappa shape index (κ1) is 24.6. The highest BCUT2D eigenvalue weighted by Crippen LogP contribution is 2.38. The van der Waals surface area contributed by atoms with Crippen LogP contribution in [0.5, 0.6) is 0 Å². The van der Waals surface area contributed by atoms with Crippen LogP contribution in [0.15, 0.2) is 83.1 Å². The van der Waals surface area contributed by atoms with Crippen molar-refractivity contribution in [2.24, 2.45) is 0 Å². The Labute approximate surface area is 214 Å². The van der Waals surface area contributed by atoms with Crippen LogP contribution < -0.4 is 0 Å². The van der Waals surface area contributed by atoms with Crippen molar-refractivity contribution in [2.45, 2.75) is 37.2 Å². The van der Waals surface area contributed by atoms with Gasteiger partial charge in [-0.25, -0.2) is 12.8 Å². The quantitative estimate of drug-likeness (QED) is 0.331. The van der Waals surface area contributed by atoms with Gasteiger partial charge in [0.05, 0.1) is 17.5 Å². The summed E-state index contributed by atoms with van der Waals surface area (Å²) in [4.78, 5) is 16.9. The molecule has 1 unspecified atom stereocenters. The SMILES string of the molecule is CC(C)N(CC(=O)N1CCc2sccc2C1c1ccc(F)cc1)S(=O)(=O)c1cccc2ccccc12. The van der Waals surface area contributed by atoms with Crippen LogP contribution in [0, 0.1) is 5.82 Å². The molecule has 0 N–H and O–H groups in total. The van der Waals surface area contributed by atoms with E-state index in [9.17, 15) is 17.6 Å². The maximum Gasteiger partial charge on any atom is 0.244 e. The van der Waals surface area contributed by atoms with E-state index in [1.807, 2.05) is 35.7 Å². The summed E-state index contributed by atoms with van der Waals surface area (Å²) in [5.74, 6) is -0.621. The average Bonchev–Trinajstić information content (AvgIpc) is 3.35. The third-order valence-electron chi connectivity index (χ3n) is 6.68. The molecule has 0 aliphatic carbocycles. The second kappa shape index (κ2) is 9.76. The van der Waals surface area contributed by atoms with E-state index in [1.54, 1.807) is 60.4 Å². The maximum absolute atomic E-state index is 13.9. The molecule has 5 nitrogen and oxygen atoms in total. The fourth-order valence-corrected chi connectivity index (χ4v) is 7.61. The third-order valence-corrected chi connectivity index (χ3v) is 9.75. The molecular formula is C28H27FN2O3S2. The Morgan fingerprint density at radius 1 is 1.06 bits per heavy atom. The monoisotopic (exact) mass is 522 g/mol. The molecule has 5 rings (SSSR count). The fourth-order valence-electron chi connectivity index (χ4n) is 4.91. The number of halogens is 1. The second-order valence-electron chi connectivity index (χ2n) is 9.21. The van der Waals surface area contributed by atoms with Crippen LogP contribution in [0.2, 0.25) is 0 Å². The Bertz CT molecular complexity index is 1510. The van der Waals surface area contributed by atoms with Crippen molar-refractivity contribution >= 4 is 38.0 Å². The summed E-state index contributed by atoms with van der Waals surface area (Å²) in [5.41, 5.74) is 1.82. The summed E-state index contributed by atoms with van der Waals surface area (Å²) in [5, 5.41) is 3.45.